The zero-order chi connectivity index (χ0) is 14.7. The van der Waals surface area contributed by atoms with Crippen molar-refractivity contribution in [3.63, 3.8) is 0 Å². The van der Waals surface area contributed by atoms with Crippen LogP contribution in [0.1, 0.15) is 19.3 Å². The highest BCUT2D eigenvalue weighted by atomic mass is 16.1. The Morgan fingerprint density at radius 3 is 2.90 bits per heavy atom. The highest BCUT2D eigenvalue weighted by Crippen LogP contribution is 2.22. The summed E-state index contributed by atoms with van der Waals surface area (Å²) in [5.74, 6) is 0. The van der Waals surface area contributed by atoms with E-state index in [1.165, 1.54) is 38.7 Å². The Morgan fingerprint density at radius 1 is 1.29 bits per heavy atom. The summed E-state index contributed by atoms with van der Waals surface area (Å²) < 4.78 is 0. The van der Waals surface area contributed by atoms with E-state index in [-0.39, 0.29) is 5.56 Å². The molecule has 0 aliphatic carbocycles. The van der Waals surface area contributed by atoms with Gasteiger partial charge in [0.2, 0.25) is 0 Å². The molecule has 0 spiro atoms. The molecule has 2 heterocycles. The van der Waals surface area contributed by atoms with Crippen molar-refractivity contribution in [3.05, 3.63) is 28.8 Å². The predicted molar refractivity (Wildman–Crippen MR) is 85.6 cm³/mol. The molecule has 0 bridgehead atoms. The third kappa shape index (κ3) is 3.16. The summed E-state index contributed by atoms with van der Waals surface area (Å²) in [5.41, 5.74) is 7.95. The standard InChI is InChI=1S/C15H21N5O/c16-12-8-11-13(18-10-19-15(11)21)9-14(12)17-4-7-20-5-2-1-3-6-20/h8-10,17H,1-7,16H2,(H,18,19,21). The van der Waals surface area contributed by atoms with E-state index >= 15 is 0 Å². The van der Waals surface area contributed by atoms with Crippen LogP contribution >= 0.6 is 0 Å². The Labute approximate surface area is 123 Å². The van der Waals surface area contributed by atoms with Gasteiger partial charge in [0, 0.05) is 13.1 Å². The molecule has 21 heavy (non-hydrogen) atoms. The molecule has 0 saturated carbocycles. The topological polar surface area (TPSA) is 87.0 Å². The average Bonchev–Trinajstić information content (AvgIpc) is 2.50. The maximum absolute atomic E-state index is 11.7. The van der Waals surface area contributed by atoms with Crippen LogP contribution in [0.4, 0.5) is 11.4 Å². The van der Waals surface area contributed by atoms with E-state index in [1.54, 1.807) is 6.07 Å². The summed E-state index contributed by atoms with van der Waals surface area (Å²) >= 11 is 0. The number of nitrogens with zero attached hydrogens (tertiary/aromatic N) is 2. The Balaban J connectivity index is 1.69. The van der Waals surface area contributed by atoms with Gasteiger partial charge >= 0.3 is 0 Å². The molecule has 4 N–H and O–H groups in total. The van der Waals surface area contributed by atoms with Crippen molar-refractivity contribution in [2.45, 2.75) is 19.3 Å². The van der Waals surface area contributed by atoms with Crippen LogP contribution in [0.5, 0.6) is 0 Å². The van der Waals surface area contributed by atoms with E-state index in [2.05, 4.69) is 20.2 Å². The molecule has 0 atom stereocenters. The Kier molecular flexibility index (Phi) is 4.06. The average molecular weight is 287 g/mol. The second kappa shape index (κ2) is 6.13. The molecule has 0 unspecified atom stereocenters. The number of hydrogen-bond acceptors (Lipinski definition) is 5. The number of aromatic amines is 1. The summed E-state index contributed by atoms with van der Waals surface area (Å²) in [6.07, 6.45) is 5.36. The SMILES string of the molecule is Nc1cc2c(=O)[nH]cnc2cc1NCCN1CCCCC1. The first-order valence-corrected chi connectivity index (χ1v) is 7.47. The maximum atomic E-state index is 11.7. The van der Waals surface area contributed by atoms with Crippen LogP contribution in [0, 0.1) is 0 Å². The van der Waals surface area contributed by atoms with Crippen molar-refractivity contribution in [3.8, 4) is 0 Å². The number of nitrogens with two attached hydrogens (primary N) is 1. The smallest absolute Gasteiger partial charge is 0.258 e. The lowest BCUT2D eigenvalue weighted by Crippen LogP contribution is -2.33. The van der Waals surface area contributed by atoms with Gasteiger partial charge in [0.05, 0.1) is 28.6 Å². The van der Waals surface area contributed by atoms with Crippen LogP contribution in [-0.4, -0.2) is 41.0 Å². The molecular formula is C15H21N5O. The fourth-order valence-electron chi connectivity index (χ4n) is 2.82. The predicted octanol–water partition coefficient (Wildman–Crippen LogP) is 1.40. The third-order valence-electron chi connectivity index (χ3n) is 4.00. The molecule has 1 aromatic heterocycles. The Bertz CT molecular complexity index is 675. The Morgan fingerprint density at radius 2 is 2.10 bits per heavy atom. The van der Waals surface area contributed by atoms with Crippen molar-refractivity contribution in [1.29, 1.82) is 0 Å². The zero-order valence-corrected chi connectivity index (χ0v) is 12.1. The van der Waals surface area contributed by atoms with Crippen molar-refractivity contribution >= 4 is 22.3 Å². The molecule has 1 saturated heterocycles. The molecular weight excluding hydrogens is 266 g/mol. The second-order valence-corrected chi connectivity index (χ2v) is 5.52. The van der Waals surface area contributed by atoms with Gasteiger partial charge in [-0.2, -0.15) is 0 Å². The summed E-state index contributed by atoms with van der Waals surface area (Å²) in [5, 5.41) is 3.88. The number of aromatic nitrogens is 2. The van der Waals surface area contributed by atoms with Crippen LogP contribution < -0.4 is 16.6 Å². The zero-order valence-electron chi connectivity index (χ0n) is 12.1. The van der Waals surface area contributed by atoms with Gasteiger partial charge < -0.3 is 20.9 Å². The summed E-state index contributed by atoms with van der Waals surface area (Å²) in [7, 11) is 0. The first kappa shape index (κ1) is 13.9. The summed E-state index contributed by atoms with van der Waals surface area (Å²) in [6, 6.07) is 3.53. The van der Waals surface area contributed by atoms with E-state index in [0.29, 0.717) is 16.6 Å². The molecule has 1 aromatic carbocycles. The summed E-state index contributed by atoms with van der Waals surface area (Å²) in [6.45, 7) is 4.23. The third-order valence-corrected chi connectivity index (χ3v) is 4.00. The van der Waals surface area contributed by atoms with Crippen LogP contribution in [0.25, 0.3) is 10.9 Å². The van der Waals surface area contributed by atoms with E-state index in [9.17, 15) is 4.79 Å². The van der Waals surface area contributed by atoms with Crippen LogP contribution in [-0.2, 0) is 0 Å². The van der Waals surface area contributed by atoms with E-state index in [4.69, 9.17) is 5.73 Å². The monoisotopic (exact) mass is 287 g/mol. The Hall–Kier alpha value is -2.08. The largest absolute Gasteiger partial charge is 0.397 e. The van der Waals surface area contributed by atoms with E-state index in [1.807, 2.05) is 6.07 Å². The molecule has 2 aromatic rings. The minimum Gasteiger partial charge on any atom is -0.397 e. The number of H-pyrrole nitrogens is 1. The number of anilines is 2. The number of fused-ring (bicyclic) bond motifs is 1. The summed E-state index contributed by atoms with van der Waals surface area (Å²) in [4.78, 5) is 20.9. The molecule has 6 nitrogen and oxygen atoms in total. The minimum atomic E-state index is -0.161. The highest BCUT2D eigenvalue weighted by molar-refractivity contribution is 5.88. The molecule has 6 heteroatoms. The quantitative estimate of drug-likeness (QED) is 0.740. The normalized spacial score (nSPS) is 16.2. The molecule has 1 fully saturated rings. The number of piperidine rings is 1. The highest BCUT2D eigenvalue weighted by Gasteiger charge is 2.10. The van der Waals surface area contributed by atoms with Crippen molar-refractivity contribution in [2.75, 3.05) is 37.2 Å². The number of benzene rings is 1. The van der Waals surface area contributed by atoms with Crippen molar-refractivity contribution in [1.82, 2.24) is 14.9 Å². The molecule has 3 rings (SSSR count). The van der Waals surface area contributed by atoms with Gasteiger partial charge in [0.15, 0.2) is 0 Å². The minimum absolute atomic E-state index is 0.161. The number of hydrogen-bond donors (Lipinski definition) is 3. The lowest BCUT2D eigenvalue weighted by Gasteiger charge is -2.26. The maximum Gasteiger partial charge on any atom is 0.258 e. The van der Waals surface area contributed by atoms with Crippen LogP contribution in [0.2, 0.25) is 0 Å². The number of nitrogens with one attached hydrogen (secondary N) is 2. The first-order valence-electron chi connectivity index (χ1n) is 7.47. The van der Waals surface area contributed by atoms with Gasteiger partial charge in [-0.3, -0.25) is 4.79 Å². The van der Waals surface area contributed by atoms with Crippen molar-refractivity contribution < 1.29 is 0 Å². The molecule has 1 aliphatic rings. The number of rotatable bonds is 4. The molecule has 112 valence electrons. The number of nitrogen functional groups attached to an aromatic ring is 1. The van der Waals surface area contributed by atoms with E-state index in [0.717, 1.165) is 18.8 Å². The van der Waals surface area contributed by atoms with Crippen molar-refractivity contribution in [2.24, 2.45) is 0 Å². The molecule has 0 radical (unpaired) electrons. The van der Waals surface area contributed by atoms with Gasteiger partial charge in [-0.1, -0.05) is 6.42 Å². The van der Waals surface area contributed by atoms with Gasteiger partial charge in [0.1, 0.15) is 0 Å². The van der Waals surface area contributed by atoms with Crippen LogP contribution in [0.15, 0.2) is 23.3 Å². The lowest BCUT2D eigenvalue weighted by molar-refractivity contribution is 0.237. The fourth-order valence-corrected chi connectivity index (χ4v) is 2.82. The number of likely N-dealkylation sites (tertiary alicyclic amines) is 1. The van der Waals surface area contributed by atoms with Gasteiger partial charge in [0.25, 0.3) is 5.56 Å². The van der Waals surface area contributed by atoms with Gasteiger partial charge in [-0.05, 0) is 38.1 Å². The van der Waals surface area contributed by atoms with Gasteiger partial charge in [-0.15, -0.1) is 0 Å². The van der Waals surface area contributed by atoms with E-state index < -0.39 is 0 Å². The van der Waals surface area contributed by atoms with Gasteiger partial charge in [-0.25, -0.2) is 4.98 Å². The second-order valence-electron chi connectivity index (χ2n) is 5.52. The fraction of sp³-hybridized carbons (Fsp3) is 0.467. The first-order chi connectivity index (χ1) is 10.2. The lowest BCUT2D eigenvalue weighted by atomic mass is 10.1. The molecule has 0 amide bonds. The molecule has 1 aliphatic heterocycles. The van der Waals surface area contributed by atoms with Crippen LogP contribution in [0.3, 0.4) is 0 Å².